The second-order valence-corrected chi connectivity index (χ2v) is 5.93. The molecule has 7 heteroatoms. The van der Waals surface area contributed by atoms with E-state index < -0.39 is 0 Å². The van der Waals surface area contributed by atoms with Gasteiger partial charge in [0.25, 0.3) is 0 Å². The Kier molecular flexibility index (Phi) is 10.1. The summed E-state index contributed by atoms with van der Waals surface area (Å²) >= 11 is 0. The van der Waals surface area contributed by atoms with E-state index in [0.717, 1.165) is 53.5 Å². The number of hydrogen-bond donors (Lipinski definition) is 1. The second-order valence-electron chi connectivity index (χ2n) is 5.93. The standard InChI is InChI=1S/C18H27N3O2.2ClH/c1-12-13(2)17(22-6)8-7-15(12)18-20-16(14(3)23-18)11-21(5)10-9-19-4;;/h7-8,19H,9-11H2,1-6H3;2*1H. The van der Waals surface area contributed by atoms with Crippen molar-refractivity contribution < 1.29 is 9.15 Å². The Morgan fingerprint density at radius 2 is 1.84 bits per heavy atom. The summed E-state index contributed by atoms with van der Waals surface area (Å²) in [6.45, 7) is 8.82. The molecule has 0 unspecified atom stereocenters. The molecule has 0 aliphatic heterocycles. The van der Waals surface area contributed by atoms with Crippen LogP contribution in [0.4, 0.5) is 0 Å². The number of likely N-dealkylation sites (N-methyl/N-ethyl adjacent to an activating group) is 2. The highest BCUT2D eigenvalue weighted by molar-refractivity contribution is 5.85. The van der Waals surface area contributed by atoms with Crippen LogP contribution in [0.1, 0.15) is 22.6 Å². The Balaban J connectivity index is 0.00000288. The number of benzene rings is 1. The van der Waals surface area contributed by atoms with Crippen molar-refractivity contribution in [3.63, 3.8) is 0 Å². The maximum atomic E-state index is 5.92. The van der Waals surface area contributed by atoms with E-state index in [-0.39, 0.29) is 24.8 Å². The highest BCUT2D eigenvalue weighted by Crippen LogP contribution is 2.31. The number of methoxy groups -OCH3 is 1. The molecule has 2 aromatic rings. The van der Waals surface area contributed by atoms with Crippen LogP contribution in [0.15, 0.2) is 16.5 Å². The van der Waals surface area contributed by atoms with Gasteiger partial charge >= 0.3 is 0 Å². The third-order valence-electron chi connectivity index (χ3n) is 4.24. The lowest BCUT2D eigenvalue weighted by Gasteiger charge is -2.14. The lowest BCUT2D eigenvalue weighted by Crippen LogP contribution is -2.27. The average Bonchev–Trinajstić information content (AvgIpc) is 2.88. The fourth-order valence-corrected chi connectivity index (χ4v) is 2.58. The van der Waals surface area contributed by atoms with Crippen LogP contribution in [0, 0.1) is 20.8 Å². The van der Waals surface area contributed by atoms with Gasteiger partial charge in [-0.3, -0.25) is 4.90 Å². The molecular weight excluding hydrogens is 361 g/mol. The van der Waals surface area contributed by atoms with Crippen molar-refractivity contribution in [3.05, 3.63) is 34.7 Å². The predicted molar refractivity (Wildman–Crippen MR) is 107 cm³/mol. The number of oxazole rings is 1. The first-order valence-electron chi connectivity index (χ1n) is 7.92. The number of ether oxygens (including phenoxy) is 1. The first-order chi connectivity index (χ1) is 11.0. The molecule has 2 rings (SSSR count). The summed E-state index contributed by atoms with van der Waals surface area (Å²) in [5, 5.41) is 3.16. The van der Waals surface area contributed by atoms with Gasteiger partial charge < -0.3 is 14.5 Å². The van der Waals surface area contributed by atoms with Gasteiger partial charge in [-0.2, -0.15) is 0 Å². The summed E-state index contributed by atoms with van der Waals surface area (Å²) in [7, 11) is 5.74. The van der Waals surface area contributed by atoms with Gasteiger partial charge in [0.15, 0.2) is 0 Å². The third kappa shape index (κ3) is 5.61. The summed E-state index contributed by atoms with van der Waals surface area (Å²) in [4.78, 5) is 6.95. The molecule has 0 spiro atoms. The fourth-order valence-electron chi connectivity index (χ4n) is 2.58. The first-order valence-corrected chi connectivity index (χ1v) is 7.92. The normalized spacial score (nSPS) is 10.4. The Morgan fingerprint density at radius 1 is 1.16 bits per heavy atom. The molecule has 1 aromatic carbocycles. The molecule has 0 atom stereocenters. The third-order valence-corrected chi connectivity index (χ3v) is 4.24. The van der Waals surface area contributed by atoms with Crippen molar-refractivity contribution in [3.8, 4) is 17.2 Å². The average molecular weight is 390 g/mol. The molecule has 142 valence electrons. The van der Waals surface area contributed by atoms with Gasteiger partial charge in [0, 0.05) is 25.2 Å². The van der Waals surface area contributed by atoms with Crippen molar-refractivity contribution in [2.75, 3.05) is 34.3 Å². The summed E-state index contributed by atoms with van der Waals surface area (Å²) in [5.74, 6) is 2.45. The SMILES string of the molecule is CNCCN(C)Cc1nc(-c2ccc(OC)c(C)c2C)oc1C.Cl.Cl. The molecule has 1 N–H and O–H groups in total. The molecule has 5 nitrogen and oxygen atoms in total. The molecule has 0 radical (unpaired) electrons. The van der Waals surface area contributed by atoms with Crippen molar-refractivity contribution in [2.24, 2.45) is 0 Å². The van der Waals surface area contributed by atoms with Crippen LogP contribution in [0.3, 0.4) is 0 Å². The van der Waals surface area contributed by atoms with Crippen LogP contribution in [-0.4, -0.2) is 44.2 Å². The minimum atomic E-state index is 0. The number of aryl methyl sites for hydroxylation is 1. The quantitative estimate of drug-likeness (QED) is 0.780. The van der Waals surface area contributed by atoms with E-state index in [1.54, 1.807) is 7.11 Å². The van der Waals surface area contributed by atoms with Gasteiger partial charge in [-0.25, -0.2) is 4.98 Å². The van der Waals surface area contributed by atoms with Gasteiger partial charge in [-0.15, -0.1) is 24.8 Å². The van der Waals surface area contributed by atoms with E-state index >= 15 is 0 Å². The van der Waals surface area contributed by atoms with E-state index in [2.05, 4.69) is 31.1 Å². The minimum absolute atomic E-state index is 0. The van der Waals surface area contributed by atoms with E-state index in [1.165, 1.54) is 0 Å². The topological polar surface area (TPSA) is 50.5 Å². The lowest BCUT2D eigenvalue weighted by molar-refractivity contribution is 0.322. The summed E-state index contributed by atoms with van der Waals surface area (Å²) < 4.78 is 11.3. The number of nitrogens with zero attached hydrogens (tertiary/aromatic N) is 2. The van der Waals surface area contributed by atoms with E-state index in [9.17, 15) is 0 Å². The zero-order chi connectivity index (χ0) is 17.0. The van der Waals surface area contributed by atoms with Gasteiger partial charge in [0.05, 0.1) is 12.8 Å². The molecule has 0 saturated carbocycles. The van der Waals surface area contributed by atoms with Gasteiger partial charge in [0.1, 0.15) is 11.5 Å². The molecule has 0 fully saturated rings. The molecule has 25 heavy (non-hydrogen) atoms. The van der Waals surface area contributed by atoms with Crippen LogP contribution in [0.5, 0.6) is 5.75 Å². The highest BCUT2D eigenvalue weighted by Gasteiger charge is 2.16. The van der Waals surface area contributed by atoms with E-state index in [1.807, 2.05) is 26.1 Å². The van der Waals surface area contributed by atoms with Crippen molar-refractivity contribution in [1.82, 2.24) is 15.2 Å². The van der Waals surface area contributed by atoms with E-state index in [4.69, 9.17) is 14.1 Å². The molecule has 0 amide bonds. The molecule has 0 aliphatic rings. The Labute approximate surface area is 163 Å². The Bertz CT molecular complexity index is 675. The van der Waals surface area contributed by atoms with Crippen LogP contribution in [0.25, 0.3) is 11.5 Å². The maximum absolute atomic E-state index is 5.92. The fraction of sp³-hybridized carbons (Fsp3) is 0.500. The number of aromatic nitrogens is 1. The smallest absolute Gasteiger partial charge is 0.226 e. The van der Waals surface area contributed by atoms with Crippen molar-refractivity contribution >= 4 is 24.8 Å². The highest BCUT2D eigenvalue weighted by atomic mass is 35.5. The maximum Gasteiger partial charge on any atom is 0.226 e. The van der Waals surface area contributed by atoms with Crippen LogP contribution in [0.2, 0.25) is 0 Å². The van der Waals surface area contributed by atoms with Crippen molar-refractivity contribution in [2.45, 2.75) is 27.3 Å². The number of halogens is 2. The largest absolute Gasteiger partial charge is 0.496 e. The molecule has 0 aliphatic carbocycles. The van der Waals surface area contributed by atoms with Gasteiger partial charge in [-0.1, -0.05) is 0 Å². The minimum Gasteiger partial charge on any atom is -0.496 e. The zero-order valence-corrected chi connectivity index (χ0v) is 17.4. The monoisotopic (exact) mass is 389 g/mol. The second kappa shape index (κ2) is 10.7. The molecular formula is C18H29Cl2N3O2. The molecule has 1 heterocycles. The Hall–Kier alpha value is -1.27. The predicted octanol–water partition coefficient (Wildman–Crippen LogP) is 3.77. The molecule has 0 saturated heterocycles. The first kappa shape index (κ1) is 23.7. The number of hydrogen-bond acceptors (Lipinski definition) is 5. The summed E-state index contributed by atoms with van der Waals surface area (Å²) in [5.41, 5.74) is 4.27. The molecule has 0 bridgehead atoms. The summed E-state index contributed by atoms with van der Waals surface area (Å²) in [6, 6.07) is 3.98. The van der Waals surface area contributed by atoms with Crippen LogP contribution in [-0.2, 0) is 6.54 Å². The number of rotatable bonds is 7. The zero-order valence-electron chi connectivity index (χ0n) is 15.8. The van der Waals surface area contributed by atoms with Crippen molar-refractivity contribution in [1.29, 1.82) is 0 Å². The van der Waals surface area contributed by atoms with Crippen LogP contribution >= 0.6 is 24.8 Å². The molecule has 1 aromatic heterocycles. The summed E-state index contributed by atoms with van der Waals surface area (Å²) in [6.07, 6.45) is 0. The number of nitrogens with one attached hydrogen (secondary N) is 1. The van der Waals surface area contributed by atoms with E-state index in [0.29, 0.717) is 5.89 Å². The van der Waals surface area contributed by atoms with Gasteiger partial charge in [-0.05, 0) is 58.1 Å². The van der Waals surface area contributed by atoms with Gasteiger partial charge in [0.2, 0.25) is 5.89 Å². The van der Waals surface area contributed by atoms with Crippen LogP contribution < -0.4 is 10.1 Å². The Morgan fingerprint density at radius 3 is 2.44 bits per heavy atom. The lowest BCUT2D eigenvalue weighted by atomic mass is 10.0.